The van der Waals surface area contributed by atoms with Crippen LogP contribution in [0.4, 0.5) is 0 Å². The van der Waals surface area contributed by atoms with Gasteiger partial charge in [0.15, 0.2) is 0 Å². The highest BCUT2D eigenvalue weighted by molar-refractivity contribution is 7.86. The molecule has 2 unspecified atom stereocenters. The lowest BCUT2D eigenvalue weighted by molar-refractivity contribution is 0.127. The van der Waals surface area contributed by atoms with E-state index in [0.29, 0.717) is 0 Å². The quantitative estimate of drug-likeness (QED) is 0.254. The summed E-state index contributed by atoms with van der Waals surface area (Å²) in [4.78, 5) is 9.87. The van der Waals surface area contributed by atoms with E-state index in [-0.39, 0.29) is 25.3 Å². The molecule has 0 bridgehead atoms. The van der Waals surface area contributed by atoms with E-state index >= 15 is 0 Å². The highest BCUT2D eigenvalue weighted by Crippen LogP contribution is 2.41. The highest BCUT2D eigenvalue weighted by Gasteiger charge is 2.32. The molecule has 0 spiro atoms. The molecule has 0 saturated carbocycles. The Kier molecular flexibility index (Phi) is 11.2. The molecule has 9 heteroatoms. The van der Waals surface area contributed by atoms with Crippen molar-refractivity contribution in [1.82, 2.24) is 19.6 Å². The van der Waals surface area contributed by atoms with Crippen molar-refractivity contribution < 1.29 is 17.7 Å². The summed E-state index contributed by atoms with van der Waals surface area (Å²) in [5.74, 6) is 0. The van der Waals surface area contributed by atoms with Crippen molar-refractivity contribution in [3.8, 4) is 0 Å². The SMILES string of the molecule is CN1CCN(C2c3ccccc3C=C(CO)c3ccccc32)CC1.CN1CCN(C2c3ccccc3C=C(COS(C)(=O)=O)c3ccccc32)CC1. The lowest BCUT2D eigenvalue weighted by Crippen LogP contribution is -2.46. The molecule has 4 aromatic rings. The molecule has 2 fully saturated rings. The van der Waals surface area contributed by atoms with Crippen LogP contribution in [0.2, 0.25) is 0 Å². The second-order valence-electron chi connectivity index (χ2n) is 14.4. The summed E-state index contributed by atoms with van der Waals surface area (Å²) in [6.07, 6.45) is 5.33. The summed E-state index contributed by atoms with van der Waals surface area (Å²) in [6.45, 7) is 8.52. The van der Waals surface area contributed by atoms with Crippen molar-refractivity contribution in [3.05, 3.63) is 142 Å². The summed E-state index contributed by atoms with van der Waals surface area (Å²) >= 11 is 0. The number of aliphatic hydroxyl groups is 1. The molecule has 2 heterocycles. The maximum absolute atomic E-state index is 11.6. The smallest absolute Gasteiger partial charge is 0.264 e. The van der Waals surface area contributed by atoms with Crippen LogP contribution in [0.15, 0.2) is 97.1 Å². The molecule has 2 atom stereocenters. The first-order valence-corrected chi connectivity index (χ1v) is 20.1. The summed E-state index contributed by atoms with van der Waals surface area (Å²) in [5.41, 5.74) is 11.6. The zero-order chi connectivity index (χ0) is 36.2. The average molecular weight is 719 g/mol. The highest BCUT2D eigenvalue weighted by atomic mass is 32.2. The van der Waals surface area contributed by atoms with E-state index in [9.17, 15) is 13.5 Å². The van der Waals surface area contributed by atoms with Gasteiger partial charge in [-0.25, -0.2) is 0 Å². The van der Waals surface area contributed by atoms with Gasteiger partial charge in [-0.05, 0) is 81.9 Å². The van der Waals surface area contributed by atoms with Crippen LogP contribution in [0.3, 0.4) is 0 Å². The molecule has 2 saturated heterocycles. The number of hydrogen-bond acceptors (Lipinski definition) is 8. The number of piperazine rings is 2. The number of benzene rings is 4. The third-order valence-corrected chi connectivity index (χ3v) is 11.4. The number of aliphatic hydroxyl groups excluding tert-OH is 1. The van der Waals surface area contributed by atoms with E-state index in [4.69, 9.17) is 4.18 Å². The normalized spacial score (nSPS) is 21.2. The minimum atomic E-state index is -3.51. The van der Waals surface area contributed by atoms with Gasteiger partial charge in [-0.15, -0.1) is 0 Å². The third-order valence-electron chi connectivity index (χ3n) is 10.8. The van der Waals surface area contributed by atoms with Crippen molar-refractivity contribution >= 4 is 33.4 Å². The van der Waals surface area contributed by atoms with E-state index in [0.717, 1.165) is 80.9 Å². The first kappa shape index (κ1) is 36.4. The van der Waals surface area contributed by atoms with E-state index in [1.54, 1.807) is 0 Å². The van der Waals surface area contributed by atoms with Gasteiger partial charge in [0, 0.05) is 52.4 Å². The molecule has 4 aliphatic rings. The average Bonchev–Trinajstić information content (AvgIpc) is 3.39. The topological polar surface area (TPSA) is 76.6 Å². The van der Waals surface area contributed by atoms with Crippen molar-refractivity contribution in [2.45, 2.75) is 12.1 Å². The summed E-state index contributed by atoms with van der Waals surface area (Å²) < 4.78 is 28.4. The van der Waals surface area contributed by atoms with Gasteiger partial charge >= 0.3 is 0 Å². The number of fused-ring (bicyclic) bond motifs is 4. The first-order chi connectivity index (χ1) is 25.2. The molecule has 2 aliphatic heterocycles. The second-order valence-corrected chi connectivity index (χ2v) is 16.0. The number of hydrogen-bond donors (Lipinski definition) is 1. The Morgan fingerprint density at radius 1 is 0.577 bits per heavy atom. The Labute approximate surface area is 309 Å². The van der Waals surface area contributed by atoms with E-state index in [2.05, 4.69) is 131 Å². The Morgan fingerprint density at radius 2 is 0.962 bits per heavy atom. The zero-order valence-corrected chi connectivity index (χ0v) is 31.3. The Bertz CT molecular complexity index is 2050. The molecule has 0 radical (unpaired) electrons. The predicted octanol–water partition coefficient (Wildman–Crippen LogP) is 5.72. The molecule has 1 N–H and O–H groups in total. The summed E-state index contributed by atoms with van der Waals surface area (Å²) in [6, 6.07) is 34.3. The molecule has 8 rings (SSSR count). The van der Waals surface area contributed by atoms with Gasteiger partial charge in [0.05, 0.1) is 31.6 Å². The fourth-order valence-electron chi connectivity index (χ4n) is 8.07. The lowest BCUT2D eigenvalue weighted by atomic mass is 9.91. The van der Waals surface area contributed by atoms with Crippen LogP contribution < -0.4 is 0 Å². The lowest BCUT2D eigenvalue weighted by Gasteiger charge is -2.39. The molecule has 2 aliphatic carbocycles. The molecule has 0 aromatic heterocycles. The molecular weight excluding hydrogens is 669 g/mol. The molecule has 4 aromatic carbocycles. The van der Waals surface area contributed by atoms with Gasteiger partial charge in [0.1, 0.15) is 0 Å². The largest absolute Gasteiger partial charge is 0.392 e. The molecular formula is C43H50N4O4S. The van der Waals surface area contributed by atoms with Crippen molar-refractivity contribution in [1.29, 1.82) is 0 Å². The van der Waals surface area contributed by atoms with Gasteiger partial charge in [-0.2, -0.15) is 8.42 Å². The fraction of sp³-hybridized carbons (Fsp3) is 0.349. The maximum atomic E-state index is 11.6. The van der Waals surface area contributed by atoms with E-state index in [1.807, 2.05) is 12.1 Å². The zero-order valence-electron chi connectivity index (χ0n) is 30.5. The van der Waals surface area contributed by atoms with Gasteiger partial charge in [-0.3, -0.25) is 14.0 Å². The van der Waals surface area contributed by atoms with E-state index < -0.39 is 10.1 Å². The third kappa shape index (κ3) is 8.01. The predicted molar refractivity (Wildman–Crippen MR) is 211 cm³/mol. The van der Waals surface area contributed by atoms with Gasteiger partial charge in [-0.1, -0.05) is 97.1 Å². The van der Waals surface area contributed by atoms with Crippen molar-refractivity contribution in [3.63, 3.8) is 0 Å². The minimum absolute atomic E-state index is 0.0413. The molecule has 272 valence electrons. The van der Waals surface area contributed by atoms with Crippen LogP contribution in [-0.4, -0.2) is 119 Å². The van der Waals surface area contributed by atoms with Crippen LogP contribution >= 0.6 is 0 Å². The van der Waals surface area contributed by atoms with Crippen LogP contribution in [-0.2, 0) is 14.3 Å². The van der Waals surface area contributed by atoms with Crippen LogP contribution in [0.1, 0.15) is 56.6 Å². The van der Waals surface area contributed by atoms with Gasteiger partial charge < -0.3 is 14.9 Å². The minimum Gasteiger partial charge on any atom is -0.392 e. The Morgan fingerprint density at radius 3 is 1.40 bits per heavy atom. The van der Waals surface area contributed by atoms with Crippen molar-refractivity contribution in [2.75, 3.05) is 85.9 Å². The van der Waals surface area contributed by atoms with Crippen LogP contribution in [0.25, 0.3) is 23.3 Å². The number of nitrogens with zero attached hydrogens (tertiary/aromatic N) is 4. The Hall–Kier alpha value is -3.93. The standard InChI is InChI=1S/C22H26N2O3S.C21H24N2O/c1-23-11-13-24(14-12-23)22-20-9-4-3-7-17(20)15-18(16-27-28(2,25)26)19-8-5-6-10-21(19)22;1-22-10-12-23(13-11-22)21-19-8-3-2-6-16(19)14-17(15-24)18-7-4-5-9-20(18)21/h3-10,15,22H,11-14,16H2,1-2H3;2-9,14,21,24H,10-13,15H2,1H3. The Balaban J connectivity index is 0.000000164. The molecule has 52 heavy (non-hydrogen) atoms. The van der Waals surface area contributed by atoms with Gasteiger partial charge in [0.25, 0.3) is 10.1 Å². The van der Waals surface area contributed by atoms with Crippen LogP contribution in [0, 0.1) is 0 Å². The van der Waals surface area contributed by atoms with Crippen molar-refractivity contribution in [2.24, 2.45) is 0 Å². The number of rotatable bonds is 6. The summed E-state index contributed by atoms with van der Waals surface area (Å²) in [7, 11) is 0.841. The first-order valence-electron chi connectivity index (χ1n) is 18.3. The maximum Gasteiger partial charge on any atom is 0.264 e. The summed E-state index contributed by atoms with van der Waals surface area (Å²) in [5, 5.41) is 9.93. The second kappa shape index (κ2) is 16.0. The molecule has 0 amide bonds. The van der Waals surface area contributed by atoms with Gasteiger partial charge in [0.2, 0.25) is 0 Å². The van der Waals surface area contributed by atoms with Crippen LogP contribution in [0.5, 0.6) is 0 Å². The fourth-order valence-corrected chi connectivity index (χ4v) is 8.41. The van der Waals surface area contributed by atoms with E-state index in [1.165, 1.54) is 33.4 Å². The monoisotopic (exact) mass is 718 g/mol. The number of likely N-dealkylation sites (N-methyl/N-ethyl adjacent to an activating group) is 2. The molecule has 8 nitrogen and oxygen atoms in total.